The maximum absolute atomic E-state index is 11.2. The number of nitrogens with zero attached hydrogens (tertiary/aromatic N) is 1. The molecule has 0 aliphatic carbocycles. The van der Waals surface area contributed by atoms with Crippen LogP contribution in [-0.4, -0.2) is 23.3 Å². The summed E-state index contributed by atoms with van der Waals surface area (Å²) < 4.78 is 0.634. The van der Waals surface area contributed by atoms with Crippen LogP contribution in [-0.2, 0) is 4.79 Å². The highest BCUT2D eigenvalue weighted by Gasteiger charge is 2.12. The number of thiazole rings is 1. The van der Waals surface area contributed by atoms with Gasteiger partial charge in [-0.25, -0.2) is 4.98 Å². The van der Waals surface area contributed by atoms with E-state index in [0.717, 1.165) is 0 Å². The van der Waals surface area contributed by atoms with Crippen LogP contribution in [0.25, 0.3) is 0 Å². The van der Waals surface area contributed by atoms with E-state index in [1.807, 2.05) is 0 Å². The van der Waals surface area contributed by atoms with Gasteiger partial charge in [0.1, 0.15) is 3.79 Å². The van der Waals surface area contributed by atoms with Gasteiger partial charge in [-0.2, -0.15) is 0 Å². The maximum Gasteiger partial charge on any atom is 0.272 e. The second kappa shape index (κ2) is 4.33. The van der Waals surface area contributed by atoms with Crippen molar-refractivity contribution >= 4 is 39.1 Å². The summed E-state index contributed by atoms with van der Waals surface area (Å²) in [6.07, 6.45) is 0. The Balaban J connectivity index is 2.59. The molecule has 0 atom stereocenters. The van der Waals surface area contributed by atoms with E-state index in [1.54, 1.807) is 0 Å². The van der Waals surface area contributed by atoms with E-state index in [-0.39, 0.29) is 12.2 Å². The van der Waals surface area contributed by atoms with Gasteiger partial charge in [0.15, 0.2) is 5.69 Å². The average molecular weight is 264 g/mol. The SMILES string of the molecule is NC(=O)CNC(=O)c1ncsc1Br. The van der Waals surface area contributed by atoms with Gasteiger partial charge < -0.3 is 11.1 Å². The summed E-state index contributed by atoms with van der Waals surface area (Å²) in [6, 6.07) is 0. The smallest absolute Gasteiger partial charge is 0.272 e. The van der Waals surface area contributed by atoms with Crippen molar-refractivity contribution in [1.82, 2.24) is 10.3 Å². The summed E-state index contributed by atoms with van der Waals surface area (Å²) in [7, 11) is 0. The lowest BCUT2D eigenvalue weighted by atomic mass is 10.4. The molecule has 0 saturated heterocycles. The summed E-state index contributed by atoms with van der Waals surface area (Å²) in [5.41, 5.74) is 6.65. The molecule has 5 nitrogen and oxygen atoms in total. The topological polar surface area (TPSA) is 85.1 Å². The molecule has 7 heteroatoms. The van der Waals surface area contributed by atoms with Crippen LogP contribution in [0.3, 0.4) is 0 Å². The van der Waals surface area contributed by atoms with E-state index in [4.69, 9.17) is 5.73 Å². The maximum atomic E-state index is 11.2. The van der Waals surface area contributed by atoms with Crippen molar-refractivity contribution in [2.24, 2.45) is 5.73 Å². The molecule has 13 heavy (non-hydrogen) atoms. The highest BCUT2D eigenvalue weighted by molar-refractivity contribution is 9.11. The lowest BCUT2D eigenvalue weighted by Gasteiger charge is -1.98. The summed E-state index contributed by atoms with van der Waals surface area (Å²) in [6.45, 7) is -0.178. The minimum absolute atomic E-state index is 0.178. The fraction of sp³-hybridized carbons (Fsp3) is 0.167. The third-order valence-corrected chi connectivity index (χ3v) is 2.71. The van der Waals surface area contributed by atoms with Crippen molar-refractivity contribution in [2.75, 3.05) is 6.54 Å². The molecule has 0 spiro atoms. The van der Waals surface area contributed by atoms with Gasteiger partial charge in [0.05, 0.1) is 12.1 Å². The third-order valence-electron chi connectivity index (χ3n) is 1.16. The fourth-order valence-electron chi connectivity index (χ4n) is 0.631. The van der Waals surface area contributed by atoms with Crippen molar-refractivity contribution in [3.63, 3.8) is 0 Å². The highest BCUT2D eigenvalue weighted by Crippen LogP contribution is 2.19. The Bertz CT molecular complexity index is 338. The molecular weight excluding hydrogens is 258 g/mol. The van der Waals surface area contributed by atoms with Crippen LogP contribution in [0, 0.1) is 0 Å². The Labute approximate surface area is 86.5 Å². The van der Waals surface area contributed by atoms with E-state index in [1.165, 1.54) is 16.8 Å². The zero-order valence-corrected chi connectivity index (χ0v) is 8.81. The number of rotatable bonds is 3. The Morgan fingerprint density at radius 3 is 2.85 bits per heavy atom. The van der Waals surface area contributed by atoms with Crippen molar-refractivity contribution in [1.29, 1.82) is 0 Å². The van der Waals surface area contributed by atoms with E-state index in [0.29, 0.717) is 3.79 Å². The van der Waals surface area contributed by atoms with E-state index in [2.05, 4.69) is 26.2 Å². The van der Waals surface area contributed by atoms with Crippen molar-refractivity contribution in [3.8, 4) is 0 Å². The first-order chi connectivity index (χ1) is 6.11. The Kier molecular flexibility index (Phi) is 3.38. The van der Waals surface area contributed by atoms with Gasteiger partial charge in [0.2, 0.25) is 5.91 Å². The molecule has 0 bridgehead atoms. The van der Waals surface area contributed by atoms with Gasteiger partial charge >= 0.3 is 0 Å². The van der Waals surface area contributed by atoms with Gasteiger partial charge in [-0.15, -0.1) is 11.3 Å². The second-order valence-electron chi connectivity index (χ2n) is 2.12. The quantitative estimate of drug-likeness (QED) is 0.813. The number of aromatic nitrogens is 1. The summed E-state index contributed by atoms with van der Waals surface area (Å²) in [4.78, 5) is 25.4. The zero-order valence-electron chi connectivity index (χ0n) is 6.41. The molecule has 0 aliphatic rings. The van der Waals surface area contributed by atoms with E-state index >= 15 is 0 Å². The number of amides is 2. The molecule has 1 rings (SSSR count). The second-order valence-corrected chi connectivity index (χ2v) is 4.30. The number of carbonyl (C=O) groups excluding carboxylic acids is 2. The lowest BCUT2D eigenvalue weighted by Crippen LogP contribution is -2.33. The van der Waals surface area contributed by atoms with Crippen LogP contribution in [0.1, 0.15) is 10.5 Å². The van der Waals surface area contributed by atoms with Crippen molar-refractivity contribution < 1.29 is 9.59 Å². The number of nitrogens with one attached hydrogen (secondary N) is 1. The Morgan fingerprint density at radius 1 is 1.69 bits per heavy atom. The molecule has 0 unspecified atom stereocenters. The molecule has 3 N–H and O–H groups in total. The summed E-state index contributed by atoms with van der Waals surface area (Å²) in [5, 5.41) is 2.33. The molecular formula is C6H6BrN3O2S. The monoisotopic (exact) mass is 263 g/mol. The molecule has 0 aromatic carbocycles. The van der Waals surface area contributed by atoms with Crippen LogP contribution >= 0.6 is 27.3 Å². The zero-order chi connectivity index (χ0) is 9.84. The number of hydrogen-bond donors (Lipinski definition) is 2. The molecule has 0 fully saturated rings. The normalized spacial score (nSPS) is 9.62. The first kappa shape index (κ1) is 10.1. The third kappa shape index (κ3) is 2.78. The molecule has 2 amide bonds. The van der Waals surface area contributed by atoms with Crippen LogP contribution in [0.4, 0.5) is 0 Å². The minimum Gasteiger partial charge on any atom is -0.368 e. The van der Waals surface area contributed by atoms with E-state index in [9.17, 15) is 9.59 Å². The lowest BCUT2D eigenvalue weighted by molar-refractivity contribution is -0.117. The first-order valence-electron chi connectivity index (χ1n) is 3.26. The van der Waals surface area contributed by atoms with Gasteiger partial charge in [-0.3, -0.25) is 9.59 Å². The molecule has 70 valence electrons. The number of nitrogens with two attached hydrogens (primary N) is 1. The van der Waals surface area contributed by atoms with Gasteiger partial charge in [0, 0.05) is 0 Å². The summed E-state index contributed by atoms with van der Waals surface area (Å²) in [5.74, 6) is -0.994. The van der Waals surface area contributed by atoms with Gasteiger partial charge in [-0.1, -0.05) is 0 Å². The average Bonchev–Trinajstić information content (AvgIpc) is 2.47. The van der Waals surface area contributed by atoms with Crippen LogP contribution in [0.2, 0.25) is 0 Å². The largest absolute Gasteiger partial charge is 0.368 e. The van der Waals surface area contributed by atoms with Crippen molar-refractivity contribution in [2.45, 2.75) is 0 Å². The first-order valence-corrected chi connectivity index (χ1v) is 4.94. The van der Waals surface area contributed by atoms with Crippen LogP contribution in [0.5, 0.6) is 0 Å². The molecule has 0 radical (unpaired) electrons. The Hall–Kier alpha value is -0.950. The number of carbonyl (C=O) groups is 2. The molecule has 1 aromatic heterocycles. The number of hydrogen-bond acceptors (Lipinski definition) is 4. The van der Waals surface area contributed by atoms with Gasteiger partial charge in [-0.05, 0) is 15.9 Å². The van der Waals surface area contributed by atoms with Gasteiger partial charge in [0.25, 0.3) is 5.91 Å². The Morgan fingerprint density at radius 2 is 2.38 bits per heavy atom. The molecule has 0 saturated carbocycles. The van der Waals surface area contributed by atoms with Crippen LogP contribution in [0.15, 0.2) is 9.30 Å². The summed E-state index contributed by atoms with van der Waals surface area (Å²) >= 11 is 4.45. The number of halogens is 1. The fourth-order valence-corrected chi connectivity index (χ4v) is 1.67. The molecule has 0 aliphatic heterocycles. The standard InChI is InChI=1S/C6H6BrN3O2S/c7-5-4(10-2-13-5)6(12)9-1-3(8)11/h2H,1H2,(H2,8,11)(H,9,12). The van der Waals surface area contributed by atoms with E-state index < -0.39 is 11.8 Å². The van der Waals surface area contributed by atoms with Crippen molar-refractivity contribution in [3.05, 3.63) is 15.0 Å². The molecule has 1 aromatic rings. The minimum atomic E-state index is -0.584. The predicted molar refractivity (Wildman–Crippen MR) is 51.3 cm³/mol. The molecule has 1 heterocycles. The predicted octanol–water partition coefficient (Wildman–Crippen LogP) is 0.121. The number of primary amides is 1. The highest BCUT2D eigenvalue weighted by atomic mass is 79.9. The van der Waals surface area contributed by atoms with Crippen LogP contribution < -0.4 is 11.1 Å².